The van der Waals surface area contributed by atoms with Crippen molar-refractivity contribution in [2.45, 2.75) is 78.0 Å². The third-order valence-corrected chi connectivity index (χ3v) is 5.19. The highest BCUT2D eigenvalue weighted by Crippen LogP contribution is 2.29. The van der Waals surface area contributed by atoms with Gasteiger partial charge in [-0.15, -0.1) is 0 Å². The first-order valence-corrected chi connectivity index (χ1v) is 10.3. The summed E-state index contributed by atoms with van der Waals surface area (Å²) < 4.78 is 5.44. The van der Waals surface area contributed by atoms with Crippen molar-refractivity contribution in [2.24, 2.45) is 11.5 Å². The maximum absolute atomic E-state index is 13.0. The number of likely N-dealkylation sites (tertiary alicyclic amines) is 1. The number of nitrogens with two attached hydrogens (primary N) is 2. The van der Waals surface area contributed by atoms with Crippen LogP contribution in [0.25, 0.3) is 0 Å². The second-order valence-electron chi connectivity index (χ2n) is 8.80. The van der Waals surface area contributed by atoms with Gasteiger partial charge in [-0.25, -0.2) is 9.59 Å². The fourth-order valence-corrected chi connectivity index (χ4v) is 3.71. The number of hydrogen-bond donors (Lipinski definition) is 2. The summed E-state index contributed by atoms with van der Waals surface area (Å²) in [6.07, 6.45) is 1.67. The normalized spacial score (nSPS) is 23.2. The number of hydrogen-bond acceptors (Lipinski definition) is 7. The fraction of sp³-hybridized carbons (Fsp3) is 0.700. The Bertz CT molecular complexity index is 753. The number of amides is 5. The van der Waals surface area contributed by atoms with Crippen LogP contribution < -0.4 is 11.5 Å². The number of rotatable bonds is 4. The molecule has 0 bridgehead atoms. The standard InChI is InChI=1S/C20H33N5O5/c1-6-7-9-24-16(26)14(15(21)22)17(27)25(18(24)28)13-8-10-23(12(2)11-13)19(29)30-20(3,4)5/h12-13H,6-11,21-22H2,1-5H3/t12-,13?/m1/s1. The minimum atomic E-state index is -0.777. The van der Waals surface area contributed by atoms with Gasteiger partial charge in [-0.3, -0.25) is 19.4 Å². The van der Waals surface area contributed by atoms with Crippen LogP contribution in [0.5, 0.6) is 0 Å². The molecule has 2 fully saturated rings. The molecule has 2 aliphatic heterocycles. The van der Waals surface area contributed by atoms with Gasteiger partial charge in [0.25, 0.3) is 11.8 Å². The molecule has 5 amide bonds. The van der Waals surface area contributed by atoms with Gasteiger partial charge in [-0.05, 0) is 47.0 Å². The van der Waals surface area contributed by atoms with E-state index in [0.717, 1.165) is 16.2 Å². The lowest BCUT2D eigenvalue weighted by Gasteiger charge is -2.44. The first-order valence-electron chi connectivity index (χ1n) is 10.3. The summed E-state index contributed by atoms with van der Waals surface area (Å²) in [7, 11) is 0. The van der Waals surface area contributed by atoms with E-state index in [2.05, 4.69) is 0 Å². The number of carbonyl (C=O) groups excluding carboxylic acids is 4. The van der Waals surface area contributed by atoms with Crippen molar-refractivity contribution >= 4 is 23.9 Å². The van der Waals surface area contributed by atoms with Gasteiger partial charge in [-0.1, -0.05) is 13.3 Å². The molecule has 0 aromatic carbocycles. The van der Waals surface area contributed by atoms with E-state index in [1.165, 1.54) is 0 Å². The van der Waals surface area contributed by atoms with Crippen LogP contribution in [-0.2, 0) is 14.3 Å². The van der Waals surface area contributed by atoms with E-state index in [4.69, 9.17) is 16.2 Å². The number of unbranched alkanes of at least 4 members (excludes halogenated alkanes) is 1. The molecule has 0 aromatic heterocycles. The highest BCUT2D eigenvalue weighted by atomic mass is 16.6. The monoisotopic (exact) mass is 423 g/mol. The number of piperidine rings is 1. The molecular formula is C20H33N5O5. The summed E-state index contributed by atoms with van der Waals surface area (Å²) in [4.78, 5) is 54.8. The van der Waals surface area contributed by atoms with Crippen LogP contribution in [0.1, 0.15) is 60.3 Å². The summed E-state index contributed by atoms with van der Waals surface area (Å²) in [5.74, 6) is -1.93. The van der Waals surface area contributed by atoms with Crippen LogP contribution in [0.15, 0.2) is 11.4 Å². The van der Waals surface area contributed by atoms with E-state index in [0.29, 0.717) is 25.8 Å². The molecule has 168 valence electrons. The van der Waals surface area contributed by atoms with Gasteiger partial charge in [0, 0.05) is 25.2 Å². The lowest BCUT2D eigenvalue weighted by atomic mass is 9.95. The Kier molecular flexibility index (Phi) is 6.99. The van der Waals surface area contributed by atoms with Gasteiger partial charge >= 0.3 is 12.1 Å². The van der Waals surface area contributed by atoms with Crippen molar-refractivity contribution in [3.63, 3.8) is 0 Å². The van der Waals surface area contributed by atoms with Crippen LogP contribution in [0.3, 0.4) is 0 Å². The zero-order valence-electron chi connectivity index (χ0n) is 18.4. The molecule has 0 radical (unpaired) electrons. The number of urea groups is 1. The largest absolute Gasteiger partial charge is 0.444 e. The molecular weight excluding hydrogens is 390 g/mol. The molecule has 2 rings (SSSR count). The van der Waals surface area contributed by atoms with Crippen molar-refractivity contribution in [1.82, 2.24) is 14.7 Å². The van der Waals surface area contributed by atoms with Gasteiger partial charge < -0.3 is 21.1 Å². The molecule has 0 aromatic rings. The van der Waals surface area contributed by atoms with E-state index in [-0.39, 0.29) is 18.2 Å². The molecule has 2 atom stereocenters. The first kappa shape index (κ1) is 23.5. The van der Waals surface area contributed by atoms with Crippen molar-refractivity contribution in [2.75, 3.05) is 13.1 Å². The Hall–Kier alpha value is -2.78. The summed E-state index contributed by atoms with van der Waals surface area (Å²) in [6, 6.07) is -1.40. The Morgan fingerprint density at radius 1 is 1.17 bits per heavy atom. The molecule has 10 heteroatoms. The third-order valence-electron chi connectivity index (χ3n) is 5.19. The predicted molar refractivity (Wildman–Crippen MR) is 110 cm³/mol. The summed E-state index contributed by atoms with van der Waals surface area (Å²) in [5.41, 5.74) is 10.2. The molecule has 0 spiro atoms. The topological polar surface area (TPSA) is 139 Å². The second-order valence-corrected chi connectivity index (χ2v) is 8.80. The highest BCUT2D eigenvalue weighted by Gasteiger charge is 2.47. The molecule has 30 heavy (non-hydrogen) atoms. The summed E-state index contributed by atoms with van der Waals surface area (Å²) in [6.45, 7) is 9.65. The van der Waals surface area contributed by atoms with Crippen LogP contribution in [0.4, 0.5) is 9.59 Å². The average Bonchev–Trinajstić information content (AvgIpc) is 2.59. The smallest absolute Gasteiger partial charge is 0.410 e. The van der Waals surface area contributed by atoms with Gasteiger partial charge in [0.15, 0.2) is 0 Å². The van der Waals surface area contributed by atoms with Crippen LogP contribution in [0.2, 0.25) is 0 Å². The molecule has 2 saturated heterocycles. The van der Waals surface area contributed by atoms with Crippen LogP contribution in [0, 0.1) is 0 Å². The van der Waals surface area contributed by atoms with Crippen molar-refractivity contribution in [3.05, 3.63) is 11.4 Å². The summed E-state index contributed by atoms with van der Waals surface area (Å²) in [5, 5.41) is 0. The number of carbonyl (C=O) groups is 4. The zero-order valence-corrected chi connectivity index (χ0v) is 18.4. The fourth-order valence-electron chi connectivity index (χ4n) is 3.71. The molecule has 2 aliphatic rings. The van der Waals surface area contributed by atoms with E-state index < -0.39 is 41.4 Å². The quantitative estimate of drug-likeness (QED) is 0.516. The minimum absolute atomic E-state index is 0.182. The zero-order chi connectivity index (χ0) is 22.8. The molecule has 4 N–H and O–H groups in total. The highest BCUT2D eigenvalue weighted by molar-refractivity contribution is 6.29. The molecule has 10 nitrogen and oxygen atoms in total. The Labute approximate surface area is 177 Å². The van der Waals surface area contributed by atoms with Crippen LogP contribution in [-0.4, -0.2) is 69.4 Å². The molecule has 1 unspecified atom stereocenters. The van der Waals surface area contributed by atoms with Crippen molar-refractivity contribution in [3.8, 4) is 0 Å². The van der Waals surface area contributed by atoms with Crippen molar-refractivity contribution in [1.29, 1.82) is 0 Å². The Morgan fingerprint density at radius 2 is 1.80 bits per heavy atom. The van der Waals surface area contributed by atoms with Gasteiger partial charge in [0.05, 0.1) is 0 Å². The molecule has 0 saturated carbocycles. The Balaban J connectivity index is 2.24. The van der Waals surface area contributed by atoms with E-state index >= 15 is 0 Å². The van der Waals surface area contributed by atoms with Crippen molar-refractivity contribution < 1.29 is 23.9 Å². The number of nitrogens with zero attached hydrogens (tertiary/aromatic N) is 3. The van der Waals surface area contributed by atoms with Crippen LogP contribution >= 0.6 is 0 Å². The minimum Gasteiger partial charge on any atom is -0.444 e. The van der Waals surface area contributed by atoms with Gasteiger partial charge in [-0.2, -0.15) is 0 Å². The molecule has 2 heterocycles. The van der Waals surface area contributed by atoms with E-state index in [9.17, 15) is 19.2 Å². The average molecular weight is 424 g/mol. The molecule has 0 aliphatic carbocycles. The summed E-state index contributed by atoms with van der Waals surface area (Å²) >= 11 is 0. The first-order chi connectivity index (χ1) is 13.9. The van der Waals surface area contributed by atoms with Gasteiger partial charge in [0.2, 0.25) is 0 Å². The SMILES string of the molecule is CCCCN1C(=O)C(=C(N)N)C(=O)N(C2CCN(C(=O)OC(C)(C)C)[C@H](C)C2)C1=O. The van der Waals surface area contributed by atoms with Gasteiger partial charge in [0.1, 0.15) is 17.0 Å². The lowest BCUT2D eigenvalue weighted by molar-refractivity contribution is -0.138. The Morgan fingerprint density at radius 3 is 2.30 bits per heavy atom. The van der Waals surface area contributed by atoms with E-state index in [1.54, 1.807) is 25.7 Å². The number of imide groups is 2. The lowest BCUT2D eigenvalue weighted by Crippen LogP contribution is -2.63. The second kappa shape index (κ2) is 8.93. The van der Waals surface area contributed by atoms with E-state index in [1.807, 2.05) is 13.8 Å². The number of ether oxygens (including phenoxy) is 1. The number of barbiturate groups is 1. The predicted octanol–water partition coefficient (Wildman–Crippen LogP) is 1.49. The third kappa shape index (κ3) is 4.85. The maximum Gasteiger partial charge on any atom is 0.410 e. The maximum atomic E-state index is 13.0.